The lowest BCUT2D eigenvalue weighted by molar-refractivity contribution is -0.357. The fourth-order valence-electron chi connectivity index (χ4n) is 4.82. The van der Waals surface area contributed by atoms with Gasteiger partial charge in [-0.25, -0.2) is 4.79 Å². The lowest BCUT2D eigenvalue weighted by Crippen LogP contribution is -2.65. The molecule has 0 saturated carbocycles. The zero-order chi connectivity index (χ0) is 32.1. The highest BCUT2D eigenvalue weighted by molar-refractivity contribution is 5.87. The van der Waals surface area contributed by atoms with Crippen molar-refractivity contribution in [1.82, 2.24) is 0 Å². The molecule has 4 rings (SSSR count). The average Bonchev–Trinajstić information content (AvgIpc) is 2.99. The maximum Gasteiger partial charge on any atom is 0.331 e. The van der Waals surface area contributed by atoms with E-state index in [9.17, 15) is 50.8 Å². The fraction of sp³-hybridized carbons (Fsp3) is 0.483. The molecule has 2 saturated heterocycles. The topological polar surface area (TPSA) is 245 Å². The van der Waals surface area contributed by atoms with E-state index < -0.39 is 79.7 Å². The second kappa shape index (κ2) is 14.5. The van der Waals surface area contributed by atoms with Gasteiger partial charge in [0, 0.05) is 6.08 Å². The molecule has 2 aromatic rings. The molecule has 0 bridgehead atoms. The Hall–Kier alpha value is -3.51. The number of aliphatic hydroxyl groups excluding tert-OH is 5. The van der Waals surface area contributed by atoms with Crippen LogP contribution in [0.5, 0.6) is 23.0 Å². The first-order chi connectivity index (χ1) is 20.9. The van der Waals surface area contributed by atoms with Gasteiger partial charge in [0.25, 0.3) is 0 Å². The fourth-order valence-corrected chi connectivity index (χ4v) is 4.82. The van der Waals surface area contributed by atoms with Crippen molar-refractivity contribution in [3.63, 3.8) is 0 Å². The number of hydrogen-bond acceptors (Lipinski definition) is 15. The number of phenolic OH excluding ortho intramolecular Hbond substituents is 4. The maximum atomic E-state index is 12.9. The summed E-state index contributed by atoms with van der Waals surface area (Å²) in [5.41, 5.74) is 0.892. The van der Waals surface area contributed by atoms with Crippen LogP contribution in [0.25, 0.3) is 6.08 Å². The molecule has 10 atom stereocenters. The molecule has 2 aliphatic rings. The summed E-state index contributed by atoms with van der Waals surface area (Å²) in [5, 5.41) is 90.3. The van der Waals surface area contributed by atoms with Gasteiger partial charge in [-0.05, 0) is 54.8 Å². The number of aliphatic hydroxyl groups is 5. The Balaban J connectivity index is 1.57. The summed E-state index contributed by atoms with van der Waals surface area (Å²) in [6.07, 6.45) is -12.5. The molecule has 44 heavy (non-hydrogen) atoms. The predicted molar refractivity (Wildman–Crippen MR) is 147 cm³/mol. The lowest BCUT2D eigenvalue weighted by atomic mass is 9.96. The standard InChI is InChI=1S/C29H36O15/c1-13-22(36)23(37)24(38)29(41-13)44-26-25(43-21(35)7-4-14-2-5-16(31)18(33)10-14)20(12-30)42-28(39)27(26)40-9-8-15-3-6-17(32)19(34)11-15/h2-7,10-11,13,20,22-34,36-39H,8-9,12H2,1H3/b7-4+/t13-,20+,22-,23+,24+,25+,26-,27+,28+,29+/m0/s1. The Labute approximate surface area is 251 Å². The van der Waals surface area contributed by atoms with Gasteiger partial charge in [-0.15, -0.1) is 0 Å². The maximum absolute atomic E-state index is 12.9. The van der Waals surface area contributed by atoms with Crippen molar-refractivity contribution in [3.05, 3.63) is 53.6 Å². The molecule has 0 radical (unpaired) electrons. The minimum Gasteiger partial charge on any atom is -0.504 e. The van der Waals surface area contributed by atoms with Crippen LogP contribution in [0.3, 0.4) is 0 Å². The largest absolute Gasteiger partial charge is 0.504 e. The van der Waals surface area contributed by atoms with Crippen molar-refractivity contribution in [2.45, 2.75) is 74.8 Å². The van der Waals surface area contributed by atoms with Gasteiger partial charge in [0.05, 0.1) is 19.3 Å². The lowest BCUT2D eigenvalue weighted by Gasteiger charge is -2.46. The first-order valence-electron chi connectivity index (χ1n) is 13.7. The van der Waals surface area contributed by atoms with Crippen molar-refractivity contribution in [2.75, 3.05) is 13.2 Å². The van der Waals surface area contributed by atoms with Crippen LogP contribution >= 0.6 is 0 Å². The van der Waals surface area contributed by atoms with Gasteiger partial charge < -0.3 is 69.6 Å². The minimum atomic E-state index is -1.77. The number of hydrogen-bond donors (Lipinski definition) is 9. The molecule has 0 spiro atoms. The first-order valence-corrected chi connectivity index (χ1v) is 13.7. The van der Waals surface area contributed by atoms with Crippen LogP contribution in [0.1, 0.15) is 18.1 Å². The molecule has 0 amide bonds. The summed E-state index contributed by atoms with van der Waals surface area (Å²) in [5.74, 6) is -2.42. The van der Waals surface area contributed by atoms with Gasteiger partial charge in [-0.1, -0.05) is 12.1 Å². The average molecular weight is 625 g/mol. The van der Waals surface area contributed by atoms with Gasteiger partial charge in [-0.3, -0.25) is 0 Å². The quantitative estimate of drug-likeness (QED) is 0.0873. The number of carbonyl (C=O) groups is 1. The Bertz CT molecular complexity index is 1300. The molecule has 2 aliphatic heterocycles. The zero-order valence-corrected chi connectivity index (χ0v) is 23.5. The van der Waals surface area contributed by atoms with E-state index in [0.717, 1.165) is 6.08 Å². The SMILES string of the molecule is C[C@@H]1O[C@H](O[C@@H]2[C@@H](OCCc3ccc(O)c(O)c3)[C@H](O)O[C@H](CO)[C@H]2OC(=O)/C=C/c2ccc(O)c(O)c2)[C@H](O)[C@H](O)[C@H]1O. The smallest absolute Gasteiger partial charge is 0.331 e. The van der Waals surface area contributed by atoms with Gasteiger partial charge in [0.1, 0.15) is 36.6 Å². The van der Waals surface area contributed by atoms with Gasteiger partial charge in [-0.2, -0.15) is 0 Å². The summed E-state index contributed by atoms with van der Waals surface area (Å²) in [6.45, 7) is 0.557. The van der Waals surface area contributed by atoms with Crippen LogP contribution < -0.4 is 0 Å². The Morgan fingerprint density at radius 1 is 0.841 bits per heavy atom. The van der Waals surface area contributed by atoms with Crippen LogP contribution in [0.15, 0.2) is 42.5 Å². The molecule has 2 aromatic carbocycles. The number of carbonyl (C=O) groups excluding carboxylic acids is 1. The molecular weight excluding hydrogens is 588 g/mol. The second-order valence-electron chi connectivity index (χ2n) is 10.4. The number of rotatable bonds is 10. The molecule has 15 nitrogen and oxygen atoms in total. The molecule has 2 fully saturated rings. The molecule has 2 heterocycles. The molecule has 15 heteroatoms. The third-order valence-corrected chi connectivity index (χ3v) is 7.29. The summed E-state index contributed by atoms with van der Waals surface area (Å²) < 4.78 is 28.4. The van der Waals surface area contributed by atoms with Crippen LogP contribution in [-0.2, 0) is 34.9 Å². The highest BCUT2D eigenvalue weighted by Gasteiger charge is 2.52. The van der Waals surface area contributed by atoms with Crippen molar-refractivity contribution in [1.29, 1.82) is 0 Å². The Morgan fingerprint density at radius 3 is 2.18 bits per heavy atom. The third kappa shape index (κ3) is 7.76. The van der Waals surface area contributed by atoms with E-state index in [-0.39, 0.29) is 30.3 Å². The van der Waals surface area contributed by atoms with E-state index in [1.807, 2.05) is 0 Å². The van der Waals surface area contributed by atoms with Crippen molar-refractivity contribution in [2.24, 2.45) is 0 Å². The van der Waals surface area contributed by atoms with E-state index in [0.29, 0.717) is 11.1 Å². The van der Waals surface area contributed by atoms with Crippen LogP contribution in [0.4, 0.5) is 0 Å². The van der Waals surface area contributed by atoms with Crippen LogP contribution in [0, 0.1) is 0 Å². The molecular formula is C29H36O15. The van der Waals surface area contributed by atoms with Gasteiger partial charge in [0.15, 0.2) is 41.7 Å². The summed E-state index contributed by atoms with van der Waals surface area (Å²) >= 11 is 0. The number of ether oxygens (including phenoxy) is 5. The number of esters is 1. The van der Waals surface area contributed by atoms with E-state index >= 15 is 0 Å². The van der Waals surface area contributed by atoms with Crippen LogP contribution in [-0.4, -0.2) is 127 Å². The molecule has 0 aliphatic carbocycles. The Kier molecular flexibility index (Phi) is 11.0. The predicted octanol–water partition coefficient (Wildman–Crippen LogP) is -1.02. The third-order valence-electron chi connectivity index (χ3n) is 7.29. The summed E-state index contributed by atoms with van der Waals surface area (Å²) in [7, 11) is 0. The summed E-state index contributed by atoms with van der Waals surface area (Å²) in [6, 6.07) is 7.96. The van der Waals surface area contributed by atoms with Gasteiger partial charge in [0.2, 0.25) is 0 Å². The Morgan fingerprint density at radius 2 is 1.52 bits per heavy atom. The number of phenols is 4. The van der Waals surface area contributed by atoms with Crippen molar-refractivity contribution in [3.8, 4) is 23.0 Å². The molecule has 0 aromatic heterocycles. The minimum absolute atomic E-state index is 0.115. The van der Waals surface area contributed by atoms with Gasteiger partial charge >= 0.3 is 5.97 Å². The number of aromatic hydroxyl groups is 4. The van der Waals surface area contributed by atoms with E-state index in [4.69, 9.17) is 23.7 Å². The van der Waals surface area contributed by atoms with E-state index in [1.165, 1.54) is 49.4 Å². The highest BCUT2D eigenvalue weighted by atomic mass is 16.7. The van der Waals surface area contributed by atoms with Crippen molar-refractivity contribution >= 4 is 12.0 Å². The number of benzene rings is 2. The van der Waals surface area contributed by atoms with E-state index in [2.05, 4.69) is 0 Å². The highest BCUT2D eigenvalue weighted by Crippen LogP contribution is 2.32. The monoisotopic (exact) mass is 624 g/mol. The molecule has 9 N–H and O–H groups in total. The normalized spacial score (nSPS) is 32.5. The first kappa shape index (κ1) is 33.4. The van der Waals surface area contributed by atoms with Crippen molar-refractivity contribution < 1.29 is 74.4 Å². The molecule has 242 valence electrons. The second-order valence-corrected chi connectivity index (χ2v) is 10.4. The van der Waals surface area contributed by atoms with Crippen LogP contribution in [0.2, 0.25) is 0 Å². The molecule has 0 unspecified atom stereocenters. The zero-order valence-electron chi connectivity index (χ0n) is 23.5. The van der Waals surface area contributed by atoms with E-state index in [1.54, 1.807) is 0 Å². The summed E-state index contributed by atoms with van der Waals surface area (Å²) in [4.78, 5) is 12.9.